The van der Waals surface area contributed by atoms with Gasteiger partial charge in [-0.1, -0.05) is 172 Å². The lowest BCUT2D eigenvalue weighted by molar-refractivity contribution is 0.563. The Morgan fingerprint density at radius 2 is 1.00 bits per heavy atom. The van der Waals surface area contributed by atoms with E-state index in [2.05, 4.69) is 213 Å². The van der Waals surface area contributed by atoms with E-state index >= 15 is 0 Å². The fourth-order valence-corrected chi connectivity index (χ4v) is 12.3. The highest BCUT2D eigenvalue weighted by atomic mass is 32.1. The number of hydrogen-bond donors (Lipinski definition) is 0. The summed E-state index contributed by atoms with van der Waals surface area (Å²) in [5.41, 5.74) is 17.7. The topological polar surface area (TPSA) is 16.4 Å². The molecule has 0 radical (unpaired) electrons. The number of nitrogens with zero attached hydrogens (tertiary/aromatic N) is 1. The van der Waals surface area contributed by atoms with Crippen molar-refractivity contribution in [2.75, 3.05) is 4.90 Å². The summed E-state index contributed by atoms with van der Waals surface area (Å²) in [5, 5.41) is 4.78. The minimum Gasteiger partial charge on any atom is -0.454 e. The SMILES string of the molecule is CC1(C)c2ccccc2C2(c3ccccc3-c3ccc(-c4ccc(N(c5cccc6c5oc5ccccc56)c5cccc6c5sc5ccccc56)cc4)cc32)c2ccccc21. The summed E-state index contributed by atoms with van der Waals surface area (Å²) in [6.45, 7) is 4.77. The number of hydrogen-bond acceptors (Lipinski definition) is 3. The van der Waals surface area contributed by atoms with E-state index in [0.29, 0.717) is 0 Å². The highest BCUT2D eigenvalue weighted by Crippen LogP contribution is 2.62. The Balaban J connectivity index is 1.01. The molecule has 0 fully saturated rings. The Bertz CT molecular complexity index is 3420. The number of fused-ring (bicyclic) bond motifs is 15. The summed E-state index contributed by atoms with van der Waals surface area (Å²) in [5.74, 6) is 0. The van der Waals surface area contributed by atoms with Crippen molar-refractivity contribution in [3.05, 3.63) is 234 Å². The third kappa shape index (κ3) is 4.67. The molecule has 0 saturated heterocycles. The van der Waals surface area contributed by atoms with E-state index in [1.807, 2.05) is 17.4 Å². The zero-order valence-corrected chi connectivity index (χ0v) is 34.6. The van der Waals surface area contributed by atoms with Crippen molar-refractivity contribution in [2.45, 2.75) is 24.7 Å². The molecule has 2 nitrogen and oxygen atoms in total. The number of thiophene rings is 1. The molecular weight excluding hydrogens is 759 g/mol. The predicted molar refractivity (Wildman–Crippen MR) is 256 cm³/mol. The molecule has 0 N–H and O–H groups in total. The van der Waals surface area contributed by atoms with E-state index in [-0.39, 0.29) is 5.41 Å². The highest BCUT2D eigenvalue weighted by Gasteiger charge is 2.53. The van der Waals surface area contributed by atoms with E-state index in [9.17, 15) is 0 Å². The second kappa shape index (κ2) is 12.7. The number of anilines is 3. The van der Waals surface area contributed by atoms with Crippen LogP contribution in [-0.4, -0.2) is 0 Å². The standard InChI is InChI=1S/C58H39NOS/c1-57(2)46-21-7-9-23-48(46)58(49-24-10-8-22-47(49)57)45-20-6-3-15-39(45)40-34-31-37(35-50(40)58)36-29-32-38(33-30-36)59(51-25-13-18-43-41-16-4-11-27-53(41)60-55(43)51)52-26-14-19-44-42-17-5-12-28-54(42)61-56(44)52/h3-35H,1-2H3. The van der Waals surface area contributed by atoms with Crippen molar-refractivity contribution in [1.82, 2.24) is 0 Å². The van der Waals surface area contributed by atoms with Gasteiger partial charge in [0.25, 0.3) is 0 Å². The zero-order chi connectivity index (χ0) is 40.5. The van der Waals surface area contributed by atoms with Gasteiger partial charge in [-0.3, -0.25) is 0 Å². The maximum absolute atomic E-state index is 6.72. The average Bonchev–Trinajstić information content (AvgIpc) is 3.98. The molecular formula is C58H39NOS. The summed E-state index contributed by atoms with van der Waals surface area (Å²) < 4.78 is 9.25. The summed E-state index contributed by atoms with van der Waals surface area (Å²) in [7, 11) is 0. The highest BCUT2D eigenvalue weighted by molar-refractivity contribution is 7.26. The predicted octanol–water partition coefficient (Wildman–Crippen LogP) is 16.1. The van der Waals surface area contributed by atoms with Gasteiger partial charge in [-0.2, -0.15) is 0 Å². The van der Waals surface area contributed by atoms with Crippen LogP contribution in [0.4, 0.5) is 17.1 Å². The normalized spacial score (nSPS) is 14.3. The first-order valence-corrected chi connectivity index (χ1v) is 22.0. The quantitative estimate of drug-likeness (QED) is 0.176. The molecule has 61 heavy (non-hydrogen) atoms. The monoisotopic (exact) mass is 797 g/mol. The Hall–Kier alpha value is -7.20. The van der Waals surface area contributed by atoms with E-state index in [1.165, 1.54) is 75.8 Å². The van der Waals surface area contributed by atoms with Gasteiger partial charge in [-0.05, 0) is 98.1 Å². The first-order valence-electron chi connectivity index (χ1n) is 21.2. The van der Waals surface area contributed by atoms with Crippen LogP contribution in [0.25, 0.3) is 64.4 Å². The molecule has 0 saturated carbocycles. The Morgan fingerprint density at radius 3 is 1.77 bits per heavy atom. The third-order valence-corrected chi connectivity index (χ3v) is 15.0. The fraction of sp³-hybridized carbons (Fsp3) is 0.0690. The summed E-state index contributed by atoms with van der Waals surface area (Å²) >= 11 is 1.85. The Labute approximate surface area is 358 Å². The molecule has 3 heteroatoms. The van der Waals surface area contributed by atoms with Crippen molar-refractivity contribution in [2.24, 2.45) is 0 Å². The molecule has 0 unspecified atom stereocenters. The van der Waals surface area contributed by atoms with Gasteiger partial charge in [-0.15, -0.1) is 11.3 Å². The van der Waals surface area contributed by atoms with Gasteiger partial charge in [-0.25, -0.2) is 0 Å². The smallest absolute Gasteiger partial charge is 0.159 e. The molecule has 2 heterocycles. The molecule has 288 valence electrons. The number of rotatable bonds is 4. The van der Waals surface area contributed by atoms with E-state index in [0.717, 1.165) is 39.0 Å². The van der Waals surface area contributed by atoms with Crippen LogP contribution in [0.2, 0.25) is 0 Å². The van der Waals surface area contributed by atoms with Crippen LogP contribution in [0, 0.1) is 0 Å². The van der Waals surface area contributed by atoms with Crippen LogP contribution < -0.4 is 4.90 Å². The average molecular weight is 798 g/mol. The van der Waals surface area contributed by atoms with Crippen molar-refractivity contribution < 1.29 is 4.42 Å². The molecule has 0 bridgehead atoms. The van der Waals surface area contributed by atoms with Gasteiger partial charge < -0.3 is 9.32 Å². The molecule has 9 aromatic carbocycles. The van der Waals surface area contributed by atoms with Gasteiger partial charge in [0, 0.05) is 37.3 Å². The van der Waals surface area contributed by atoms with E-state index in [1.54, 1.807) is 0 Å². The minimum atomic E-state index is -0.435. The van der Waals surface area contributed by atoms with Gasteiger partial charge >= 0.3 is 0 Å². The Kier molecular flexibility index (Phi) is 7.19. The Morgan fingerprint density at radius 1 is 0.426 bits per heavy atom. The summed E-state index contributed by atoms with van der Waals surface area (Å²) in [4.78, 5) is 2.40. The molecule has 11 aromatic rings. The largest absolute Gasteiger partial charge is 0.454 e. The molecule has 13 rings (SSSR count). The first-order chi connectivity index (χ1) is 30.0. The zero-order valence-electron chi connectivity index (χ0n) is 33.8. The molecule has 0 atom stereocenters. The van der Waals surface area contributed by atoms with Crippen LogP contribution in [0.5, 0.6) is 0 Å². The second-order valence-electron chi connectivity index (χ2n) is 17.2. The van der Waals surface area contributed by atoms with Gasteiger partial charge in [0.05, 0.1) is 21.5 Å². The number of benzene rings is 9. The van der Waals surface area contributed by atoms with Gasteiger partial charge in [0.15, 0.2) is 5.58 Å². The lowest BCUT2D eigenvalue weighted by Gasteiger charge is -2.46. The molecule has 0 aliphatic heterocycles. The van der Waals surface area contributed by atoms with Crippen LogP contribution >= 0.6 is 11.3 Å². The molecule has 0 amide bonds. The van der Waals surface area contributed by atoms with Crippen molar-refractivity contribution >= 4 is 70.5 Å². The molecule has 1 spiro atoms. The van der Waals surface area contributed by atoms with Crippen LogP contribution in [0.3, 0.4) is 0 Å². The van der Waals surface area contributed by atoms with Crippen molar-refractivity contribution in [3.63, 3.8) is 0 Å². The van der Waals surface area contributed by atoms with Crippen molar-refractivity contribution in [1.29, 1.82) is 0 Å². The second-order valence-corrected chi connectivity index (χ2v) is 18.2. The molecule has 2 aliphatic rings. The number of furan rings is 1. The van der Waals surface area contributed by atoms with Gasteiger partial charge in [0.1, 0.15) is 5.58 Å². The van der Waals surface area contributed by atoms with Crippen LogP contribution in [0.15, 0.2) is 205 Å². The third-order valence-electron chi connectivity index (χ3n) is 13.8. The lowest BCUT2D eigenvalue weighted by Crippen LogP contribution is -2.40. The molecule has 2 aliphatic carbocycles. The maximum atomic E-state index is 6.72. The minimum absolute atomic E-state index is 0.137. The number of para-hydroxylation sites is 2. The fourth-order valence-electron chi connectivity index (χ4n) is 11.1. The maximum Gasteiger partial charge on any atom is 0.159 e. The van der Waals surface area contributed by atoms with Crippen molar-refractivity contribution in [3.8, 4) is 22.3 Å². The van der Waals surface area contributed by atoms with Crippen LogP contribution in [-0.2, 0) is 10.8 Å². The van der Waals surface area contributed by atoms with E-state index < -0.39 is 5.41 Å². The van der Waals surface area contributed by atoms with E-state index in [4.69, 9.17) is 4.42 Å². The first kappa shape index (κ1) is 34.6. The molecule has 2 aromatic heterocycles. The van der Waals surface area contributed by atoms with Gasteiger partial charge in [0.2, 0.25) is 0 Å². The lowest BCUT2D eigenvalue weighted by atomic mass is 9.55. The summed E-state index contributed by atoms with van der Waals surface area (Å²) in [6, 6.07) is 74.1. The van der Waals surface area contributed by atoms with Crippen LogP contribution in [0.1, 0.15) is 47.2 Å². The summed E-state index contributed by atoms with van der Waals surface area (Å²) in [6.07, 6.45) is 0.